The second-order valence-corrected chi connectivity index (χ2v) is 11.0. The van der Waals surface area contributed by atoms with Crippen LogP contribution in [0.4, 0.5) is 5.69 Å². The molecule has 0 bridgehead atoms. The molecule has 7 heteroatoms. The lowest BCUT2D eigenvalue weighted by Crippen LogP contribution is -2.18. The lowest BCUT2D eigenvalue weighted by Gasteiger charge is -2.28. The molecule has 0 aromatic heterocycles. The fraction of sp³-hybridized carbons (Fsp3) is 0.435. The third kappa shape index (κ3) is 6.06. The highest BCUT2D eigenvalue weighted by Gasteiger charge is 2.26. The quantitative estimate of drug-likeness (QED) is 0.587. The van der Waals surface area contributed by atoms with Crippen molar-refractivity contribution in [2.75, 3.05) is 5.32 Å². The molecule has 2 rings (SSSR count). The number of phenols is 1. The van der Waals surface area contributed by atoms with Gasteiger partial charge >= 0.3 is 0 Å². The summed E-state index contributed by atoms with van der Waals surface area (Å²) in [5, 5.41) is 13.5. The van der Waals surface area contributed by atoms with Gasteiger partial charge in [-0.05, 0) is 52.1 Å². The maximum Gasteiger partial charge on any atom is 0.294 e. The van der Waals surface area contributed by atoms with E-state index in [9.17, 15) is 18.3 Å². The van der Waals surface area contributed by atoms with Gasteiger partial charge in [0.15, 0.2) is 0 Å². The minimum Gasteiger partial charge on any atom is -0.507 e. The molecule has 1 amide bonds. The maximum atomic E-state index is 12.4. The second kappa shape index (κ2) is 8.40. The van der Waals surface area contributed by atoms with Crippen LogP contribution in [-0.2, 0) is 32.2 Å². The first-order valence-corrected chi connectivity index (χ1v) is 11.3. The Balaban J connectivity index is 2.22. The van der Waals surface area contributed by atoms with Crippen LogP contribution in [0, 0.1) is 0 Å². The van der Waals surface area contributed by atoms with E-state index in [2.05, 4.69) is 5.32 Å². The van der Waals surface area contributed by atoms with Crippen molar-refractivity contribution in [3.63, 3.8) is 0 Å². The summed E-state index contributed by atoms with van der Waals surface area (Å²) in [6, 6.07) is 9.35. The topological polar surface area (TPSA) is 104 Å². The number of nitrogens with one attached hydrogen (secondary N) is 1. The highest BCUT2D eigenvalue weighted by atomic mass is 32.2. The Hall–Kier alpha value is -2.38. The molecule has 0 aliphatic heterocycles. The fourth-order valence-corrected chi connectivity index (χ4v) is 3.72. The van der Waals surface area contributed by atoms with Crippen LogP contribution < -0.4 is 5.32 Å². The van der Waals surface area contributed by atoms with Gasteiger partial charge in [-0.25, -0.2) is 0 Å². The van der Waals surface area contributed by atoms with Gasteiger partial charge in [0.2, 0.25) is 5.91 Å². The number of aryl methyl sites for hydroxylation is 1. The molecule has 0 saturated carbocycles. The summed E-state index contributed by atoms with van der Waals surface area (Å²) in [6.07, 6.45) is 0.657. The van der Waals surface area contributed by atoms with Gasteiger partial charge < -0.3 is 10.4 Å². The SMILES string of the molecule is CC(C)(C)c1cc(CCC(=O)Nc2cccc(S(=O)(=O)O)c2)cc(C(C)(C)C)c1O. The molecule has 0 spiro atoms. The number of benzene rings is 2. The molecule has 0 aliphatic carbocycles. The molecular weight excluding hydrogens is 402 g/mol. The number of rotatable bonds is 5. The number of hydrogen-bond acceptors (Lipinski definition) is 4. The first-order valence-electron chi connectivity index (χ1n) is 9.83. The lowest BCUT2D eigenvalue weighted by molar-refractivity contribution is -0.116. The summed E-state index contributed by atoms with van der Waals surface area (Å²) in [5.74, 6) is 0.0235. The van der Waals surface area contributed by atoms with Gasteiger partial charge in [-0.15, -0.1) is 0 Å². The van der Waals surface area contributed by atoms with Gasteiger partial charge in [0.1, 0.15) is 5.75 Å². The van der Waals surface area contributed by atoms with Crippen LogP contribution in [0.3, 0.4) is 0 Å². The summed E-state index contributed by atoms with van der Waals surface area (Å²) < 4.78 is 31.7. The van der Waals surface area contributed by atoms with Crippen molar-refractivity contribution in [2.45, 2.75) is 70.1 Å². The summed E-state index contributed by atoms with van der Waals surface area (Å²) in [6.45, 7) is 12.2. The lowest BCUT2D eigenvalue weighted by atomic mass is 9.78. The second-order valence-electron chi connectivity index (χ2n) is 9.59. The highest BCUT2D eigenvalue weighted by Crippen LogP contribution is 2.40. The number of anilines is 1. The number of aromatic hydroxyl groups is 1. The zero-order valence-corrected chi connectivity index (χ0v) is 19.2. The van der Waals surface area contributed by atoms with Crippen molar-refractivity contribution in [2.24, 2.45) is 0 Å². The Morgan fingerprint density at radius 1 is 0.967 bits per heavy atom. The van der Waals surface area contributed by atoms with Crippen molar-refractivity contribution < 1.29 is 22.9 Å². The Labute approximate surface area is 179 Å². The molecule has 0 heterocycles. The van der Waals surface area contributed by atoms with E-state index in [0.717, 1.165) is 16.7 Å². The zero-order valence-electron chi connectivity index (χ0n) is 18.4. The summed E-state index contributed by atoms with van der Waals surface area (Å²) in [4.78, 5) is 12.1. The third-order valence-electron chi connectivity index (χ3n) is 4.84. The van der Waals surface area contributed by atoms with Crippen molar-refractivity contribution in [3.8, 4) is 5.75 Å². The van der Waals surface area contributed by atoms with Gasteiger partial charge in [-0.1, -0.05) is 59.7 Å². The van der Waals surface area contributed by atoms with Crippen molar-refractivity contribution in [1.82, 2.24) is 0 Å². The van der Waals surface area contributed by atoms with E-state index >= 15 is 0 Å². The Kier molecular flexibility index (Phi) is 6.69. The molecule has 6 nitrogen and oxygen atoms in total. The summed E-state index contributed by atoms with van der Waals surface area (Å²) >= 11 is 0. The molecule has 0 atom stereocenters. The number of phenolic OH excluding ortho intramolecular Hbond substituents is 1. The number of carbonyl (C=O) groups excluding carboxylic acids is 1. The predicted molar refractivity (Wildman–Crippen MR) is 119 cm³/mol. The largest absolute Gasteiger partial charge is 0.507 e. The van der Waals surface area contributed by atoms with Crippen LogP contribution in [0.5, 0.6) is 5.75 Å². The van der Waals surface area contributed by atoms with E-state index in [1.807, 2.05) is 53.7 Å². The zero-order chi connectivity index (χ0) is 22.9. The van der Waals surface area contributed by atoms with Crippen LogP contribution in [0.25, 0.3) is 0 Å². The normalized spacial score (nSPS) is 12.6. The summed E-state index contributed by atoms with van der Waals surface area (Å²) in [7, 11) is -4.33. The number of carbonyl (C=O) groups is 1. The molecule has 164 valence electrons. The van der Waals surface area contributed by atoms with Crippen molar-refractivity contribution in [3.05, 3.63) is 53.1 Å². The van der Waals surface area contributed by atoms with Crippen molar-refractivity contribution >= 4 is 21.7 Å². The Bertz CT molecular complexity index is 1010. The van der Waals surface area contributed by atoms with E-state index in [1.165, 1.54) is 18.2 Å². The Morgan fingerprint density at radius 2 is 1.50 bits per heavy atom. The average Bonchev–Trinajstić information content (AvgIpc) is 2.58. The summed E-state index contributed by atoms with van der Waals surface area (Å²) in [5.41, 5.74) is 2.42. The molecule has 30 heavy (non-hydrogen) atoms. The minimum absolute atomic E-state index is 0.189. The molecule has 0 aliphatic rings. The van der Waals surface area contributed by atoms with Crippen LogP contribution in [0.15, 0.2) is 41.3 Å². The van der Waals surface area contributed by atoms with Gasteiger partial charge in [0.25, 0.3) is 10.1 Å². The van der Waals surface area contributed by atoms with E-state index in [1.54, 1.807) is 6.07 Å². The average molecular weight is 434 g/mol. The standard InChI is InChI=1S/C23H31NO5S/c1-22(2,3)18-12-15(13-19(21(18)26)23(4,5)6)10-11-20(25)24-16-8-7-9-17(14-16)30(27,28)29/h7-9,12-14,26H,10-11H2,1-6H3,(H,24,25)(H,27,28,29). The molecule has 0 saturated heterocycles. The maximum absolute atomic E-state index is 12.4. The smallest absolute Gasteiger partial charge is 0.294 e. The van der Waals surface area contributed by atoms with Crippen LogP contribution in [0.1, 0.15) is 64.7 Å². The highest BCUT2D eigenvalue weighted by molar-refractivity contribution is 7.85. The minimum atomic E-state index is -4.33. The predicted octanol–water partition coefficient (Wildman–Crippen LogP) is 4.81. The molecular formula is C23H31NO5S. The first-order chi connectivity index (χ1) is 13.6. The van der Waals surface area contributed by atoms with E-state index in [-0.39, 0.29) is 28.1 Å². The Morgan fingerprint density at radius 3 is 1.97 bits per heavy atom. The molecule has 3 N–H and O–H groups in total. The van der Waals surface area contributed by atoms with Crippen molar-refractivity contribution in [1.29, 1.82) is 0 Å². The van der Waals surface area contributed by atoms with E-state index in [0.29, 0.717) is 17.9 Å². The van der Waals surface area contributed by atoms with Crippen LogP contribution in [-0.4, -0.2) is 24.0 Å². The van der Waals surface area contributed by atoms with Crippen LogP contribution in [0.2, 0.25) is 0 Å². The molecule has 0 unspecified atom stereocenters. The molecule has 0 fully saturated rings. The number of amides is 1. The molecule has 2 aromatic rings. The molecule has 2 aromatic carbocycles. The van der Waals surface area contributed by atoms with Gasteiger partial charge in [-0.2, -0.15) is 8.42 Å². The van der Waals surface area contributed by atoms with Gasteiger partial charge in [0.05, 0.1) is 4.90 Å². The fourth-order valence-electron chi connectivity index (χ4n) is 3.20. The van der Waals surface area contributed by atoms with E-state index < -0.39 is 10.1 Å². The third-order valence-corrected chi connectivity index (χ3v) is 5.69. The van der Waals surface area contributed by atoms with Crippen LogP contribution >= 0.6 is 0 Å². The van der Waals surface area contributed by atoms with Gasteiger partial charge in [0, 0.05) is 12.1 Å². The first kappa shape index (κ1) is 23.9. The van der Waals surface area contributed by atoms with E-state index in [4.69, 9.17) is 4.55 Å². The monoisotopic (exact) mass is 433 g/mol. The van der Waals surface area contributed by atoms with Gasteiger partial charge in [-0.3, -0.25) is 9.35 Å². The number of hydrogen-bond donors (Lipinski definition) is 3. The molecule has 0 radical (unpaired) electrons.